The fourth-order valence-corrected chi connectivity index (χ4v) is 2.40. The van der Waals surface area contributed by atoms with E-state index in [4.69, 9.17) is 9.47 Å². The first-order valence-electron chi connectivity index (χ1n) is 7.63. The van der Waals surface area contributed by atoms with Crippen LogP contribution in [-0.2, 0) is 14.3 Å². The van der Waals surface area contributed by atoms with E-state index in [-0.39, 0.29) is 0 Å². The fraction of sp³-hybridized carbons (Fsp3) is 0.294. The number of nitrogens with zero attached hydrogens (tertiary/aromatic N) is 4. The van der Waals surface area contributed by atoms with Crippen molar-refractivity contribution in [1.82, 2.24) is 15.0 Å². The van der Waals surface area contributed by atoms with Gasteiger partial charge in [-0.1, -0.05) is 0 Å². The second kappa shape index (κ2) is 7.65. The second-order valence-electron chi connectivity index (χ2n) is 5.20. The van der Waals surface area contributed by atoms with E-state index >= 15 is 0 Å². The van der Waals surface area contributed by atoms with Gasteiger partial charge in [-0.05, 0) is 23.8 Å². The third kappa shape index (κ3) is 3.75. The van der Waals surface area contributed by atoms with Gasteiger partial charge in [-0.15, -0.1) is 0 Å². The molecular weight excluding hydrogens is 308 g/mol. The minimum atomic E-state index is -0.418. The van der Waals surface area contributed by atoms with Crippen LogP contribution in [0.3, 0.4) is 0 Å². The fourth-order valence-electron chi connectivity index (χ4n) is 2.40. The maximum absolute atomic E-state index is 12.1. The van der Waals surface area contributed by atoms with Gasteiger partial charge in [0, 0.05) is 43.4 Å². The average molecular weight is 326 g/mol. The minimum Gasteiger partial charge on any atom is -0.465 e. The van der Waals surface area contributed by atoms with E-state index < -0.39 is 5.97 Å². The molecule has 0 aromatic carbocycles. The number of carbonyl (C=O) groups excluding carboxylic acids is 1. The Morgan fingerprint density at radius 1 is 1.21 bits per heavy atom. The van der Waals surface area contributed by atoms with Crippen molar-refractivity contribution >= 4 is 23.6 Å². The van der Waals surface area contributed by atoms with E-state index in [9.17, 15) is 4.79 Å². The molecule has 2 aromatic rings. The number of carbonyl (C=O) groups is 1. The van der Waals surface area contributed by atoms with Crippen LogP contribution in [0.4, 0.5) is 5.95 Å². The first kappa shape index (κ1) is 16.1. The smallest absolute Gasteiger partial charge is 0.338 e. The summed E-state index contributed by atoms with van der Waals surface area (Å²) in [5.74, 6) is 0.248. The molecule has 3 rings (SSSR count). The number of hydrogen-bond donors (Lipinski definition) is 0. The number of ether oxygens (including phenoxy) is 2. The summed E-state index contributed by atoms with van der Waals surface area (Å²) in [7, 11) is 1.36. The summed E-state index contributed by atoms with van der Waals surface area (Å²) < 4.78 is 10.2. The highest BCUT2D eigenvalue weighted by molar-refractivity contribution is 6.21. The van der Waals surface area contributed by atoms with E-state index in [0.29, 0.717) is 24.7 Å². The highest BCUT2D eigenvalue weighted by atomic mass is 16.5. The van der Waals surface area contributed by atoms with Crippen molar-refractivity contribution in [2.75, 3.05) is 38.3 Å². The standard InChI is InChI=1S/C17H18N4O3/c1-23-16(22)15(14-2-4-18-5-3-14)10-13-11-19-17(20-12-13)21-6-8-24-9-7-21/h2-5,10-12H,6-9H2,1H3/b15-10-. The molecule has 0 aliphatic carbocycles. The van der Waals surface area contributed by atoms with Gasteiger partial charge in [-0.3, -0.25) is 4.98 Å². The molecule has 0 saturated carbocycles. The van der Waals surface area contributed by atoms with Gasteiger partial charge in [0.1, 0.15) is 0 Å². The van der Waals surface area contributed by atoms with Crippen LogP contribution in [0.5, 0.6) is 0 Å². The Morgan fingerprint density at radius 3 is 2.50 bits per heavy atom. The summed E-state index contributed by atoms with van der Waals surface area (Å²) in [5.41, 5.74) is 1.89. The molecule has 0 spiro atoms. The van der Waals surface area contributed by atoms with Crippen molar-refractivity contribution in [2.24, 2.45) is 0 Å². The number of esters is 1. The SMILES string of the molecule is COC(=O)/C(=C\c1cnc(N2CCOCC2)nc1)c1ccncc1. The summed E-state index contributed by atoms with van der Waals surface area (Å²) in [6.07, 6.45) is 8.36. The molecule has 1 aliphatic heterocycles. The van der Waals surface area contributed by atoms with Crippen LogP contribution in [0.2, 0.25) is 0 Å². The molecule has 124 valence electrons. The first-order valence-corrected chi connectivity index (χ1v) is 7.63. The van der Waals surface area contributed by atoms with Crippen molar-refractivity contribution in [2.45, 2.75) is 0 Å². The Labute approximate surface area is 140 Å². The van der Waals surface area contributed by atoms with Gasteiger partial charge < -0.3 is 14.4 Å². The normalized spacial score (nSPS) is 15.2. The van der Waals surface area contributed by atoms with Crippen molar-refractivity contribution in [3.05, 3.63) is 48.0 Å². The second-order valence-corrected chi connectivity index (χ2v) is 5.20. The molecule has 1 aliphatic rings. The lowest BCUT2D eigenvalue weighted by Gasteiger charge is -2.26. The van der Waals surface area contributed by atoms with Gasteiger partial charge in [-0.2, -0.15) is 0 Å². The van der Waals surface area contributed by atoms with Crippen molar-refractivity contribution < 1.29 is 14.3 Å². The summed E-state index contributed by atoms with van der Waals surface area (Å²) >= 11 is 0. The zero-order chi connectivity index (χ0) is 16.8. The monoisotopic (exact) mass is 326 g/mol. The minimum absolute atomic E-state index is 0.418. The Balaban J connectivity index is 1.85. The van der Waals surface area contributed by atoms with Gasteiger partial charge >= 0.3 is 5.97 Å². The zero-order valence-corrected chi connectivity index (χ0v) is 13.4. The molecule has 0 atom stereocenters. The highest BCUT2D eigenvalue weighted by Crippen LogP contribution is 2.19. The Morgan fingerprint density at radius 2 is 1.88 bits per heavy atom. The number of hydrogen-bond acceptors (Lipinski definition) is 7. The van der Waals surface area contributed by atoms with Crippen LogP contribution < -0.4 is 4.90 Å². The molecule has 7 nitrogen and oxygen atoms in total. The lowest BCUT2D eigenvalue weighted by Crippen LogP contribution is -2.37. The zero-order valence-electron chi connectivity index (χ0n) is 13.4. The third-order valence-electron chi connectivity index (χ3n) is 3.66. The van der Waals surface area contributed by atoms with Crippen LogP contribution in [0.25, 0.3) is 11.6 Å². The quantitative estimate of drug-likeness (QED) is 0.621. The predicted molar refractivity (Wildman–Crippen MR) is 89.2 cm³/mol. The van der Waals surface area contributed by atoms with Gasteiger partial charge in [0.25, 0.3) is 0 Å². The van der Waals surface area contributed by atoms with E-state index in [1.54, 1.807) is 43.0 Å². The molecule has 3 heterocycles. The molecule has 1 fully saturated rings. The number of rotatable bonds is 4. The highest BCUT2D eigenvalue weighted by Gasteiger charge is 2.15. The molecule has 0 unspecified atom stereocenters. The van der Waals surface area contributed by atoms with Gasteiger partial charge in [-0.25, -0.2) is 14.8 Å². The Hall–Kier alpha value is -2.80. The van der Waals surface area contributed by atoms with E-state index in [0.717, 1.165) is 24.2 Å². The summed E-state index contributed by atoms with van der Waals surface area (Å²) in [6.45, 7) is 2.91. The molecule has 0 N–H and O–H groups in total. The predicted octanol–water partition coefficient (Wildman–Crippen LogP) is 1.42. The molecule has 24 heavy (non-hydrogen) atoms. The molecule has 0 amide bonds. The molecule has 2 aromatic heterocycles. The van der Waals surface area contributed by atoms with E-state index in [1.807, 2.05) is 0 Å². The largest absolute Gasteiger partial charge is 0.465 e. The number of aromatic nitrogens is 3. The number of pyridine rings is 1. The lowest BCUT2D eigenvalue weighted by atomic mass is 10.1. The number of anilines is 1. The Kier molecular flexibility index (Phi) is 5.12. The topological polar surface area (TPSA) is 77.4 Å². The summed E-state index contributed by atoms with van der Waals surface area (Å²) in [5, 5.41) is 0. The van der Waals surface area contributed by atoms with Crippen LogP contribution in [0, 0.1) is 0 Å². The maximum Gasteiger partial charge on any atom is 0.338 e. The third-order valence-corrected chi connectivity index (χ3v) is 3.66. The number of methoxy groups -OCH3 is 1. The van der Waals surface area contributed by atoms with Gasteiger partial charge in [0.15, 0.2) is 0 Å². The molecule has 1 saturated heterocycles. The maximum atomic E-state index is 12.1. The average Bonchev–Trinajstić information content (AvgIpc) is 2.67. The molecule has 0 bridgehead atoms. The first-order chi connectivity index (χ1) is 11.8. The van der Waals surface area contributed by atoms with Crippen LogP contribution >= 0.6 is 0 Å². The van der Waals surface area contributed by atoms with Gasteiger partial charge in [0.2, 0.25) is 5.95 Å². The van der Waals surface area contributed by atoms with Crippen LogP contribution in [-0.4, -0.2) is 54.3 Å². The Bertz CT molecular complexity index is 710. The summed E-state index contributed by atoms with van der Waals surface area (Å²) in [6, 6.07) is 3.51. The van der Waals surface area contributed by atoms with E-state index in [1.165, 1.54) is 7.11 Å². The lowest BCUT2D eigenvalue weighted by molar-refractivity contribution is -0.133. The van der Waals surface area contributed by atoms with Crippen molar-refractivity contribution in [3.8, 4) is 0 Å². The molecule has 0 radical (unpaired) electrons. The van der Waals surface area contributed by atoms with E-state index in [2.05, 4.69) is 19.9 Å². The van der Waals surface area contributed by atoms with Crippen molar-refractivity contribution in [1.29, 1.82) is 0 Å². The van der Waals surface area contributed by atoms with Gasteiger partial charge in [0.05, 0.1) is 25.9 Å². The molecule has 7 heteroatoms. The van der Waals surface area contributed by atoms with Crippen molar-refractivity contribution in [3.63, 3.8) is 0 Å². The van der Waals surface area contributed by atoms with Crippen LogP contribution in [0.15, 0.2) is 36.9 Å². The number of morpholine rings is 1. The summed E-state index contributed by atoms with van der Waals surface area (Å²) in [4.78, 5) is 26.9. The molecular formula is C17H18N4O3. The van der Waals surface area contributed by atoms with Crippen LogP contribution in [0.1, 0.15) is 11.1 Å².